The quantitative estimate of drug-likeness (QED) is 0.845. The second kappa shape index (κ2) is 6.55. The molecule has 0 aromatic rings. The van der Waals surface area contributed by atoms with E-state index in [1.54, 1.807) is 13.8 Å². The molecule has 0 aromatic carbocycles. The molecule has 1 atom stereocenters. The smallest absolute Gasteiger partial charge is 0.242 e. The van der Waals surface area contributed by atoms with Gasteiger partial charge >= 0.3 is 0 Å². The lowest BCUT2D eigenvalue weighted by Crippen LogP contribution is -2.52. The molecule has 1 saturated heterocycles. The minimum atomic E-state index is -3.41. The van der Waals surface area contributed by atoms with E-state index in [1.165, 1.54) is 4.90 Å². The van der Waals surface area contributed by atoms with Crippen molar-refractivity contribution in [1.82, 2.24) is 9.62 Å². The maximum Gasteiger partial charge on any atom is 0.242 e. The summed E-state index contributed by atoms with van der Waals surface area (Å²) in [6.07, 6.45) is 5.16. The van der Waals surface area contributed by atoms with Gasteiger partial charge in [0.25, 0.3) is 0 Å². The number of carbonyl (C=O) groups excluding carboxylic acids is 1. The number of nitrogens with one attached hydrogen (secondary N) is 1. The van der Waals surface area contributed by atoms with Crippen molar-refractivity contribution < 1.29 is 13.2 Å². The lowest BCUT2D eigenvalue weighted by atomic mass is 9.93. The van der Waals surface area contributed by atoms with Crippen molar-refractivity contribution >= 4 is 15.9 Å². The molecule has 2 aliphatic rings. The lowest BCUT2D eigenvalue weighted by Gasteiger charge is -2.35. The molecule has 1 unspecified atom stereocenters. The highest BCUT2D eigenvalue weighted by atomic mass is 32.2. The third-order valence-electron chi connectivity index (χ3n) is 4.60. The Hall–Kier alpha value is -1.13. The molecule has 0 aromatic heterocycles. The number of hydrogen-bond donors (Lipinski definition) is 1. The number of rotatable bonds is 4. The fourth-order valence-corrected chi connectivity index (χ4v) is 4.94. The molecule has 2 fully saturated rings. The zero-order valence-electron chi connectivity index (χ0n) is 13.3. The van der Waals surface area contributed by atoms with E-state index in [4.69, 9.17) is 5.26 Å². The van der Waals surface area contributed by atoms with Crippen LogP contribution in [0.15, 0.2) is 0 Å². The molecule has 6 nitrogen and oxygen atoms in total. The van der Waals surface area contributed by atoms with Crippen LogP contribution in [-0.2, 0) is 14.8 Å². The highest BCUT2D eigenvalue weighted by molar-refractivity contribution is 7.90. The number of piperidine rings is 1. The fourth-order valence-electron chi connectivity index (χ4n) is 3.19. The summed E-state index contributed by atoms with van der Waals surface area (Å²) in [4.78, 5) is 13.9. The van der Waals surface area contributed by atoms with Crippen molar-refractivity contribution in [3.8, 4) is 6.07 Å². The van der Waals surface area contributed by atoms with E-state index in [0.717, 1.165) is 25.7 Å². The number of carbonyl (C=O) groups is 1. The molecular formula is C15H25N3O3S. The van der Waals surface area contributed by atoms with E-state index in [2.05, 4.69) is 4.72 Å². The van der Waals surface area contributed by atoms with Crippen molar-refractivity contribution in [2.45, 2.75) is 63.7 Å². The third-order valence-corrected chi connectivity index (χ3v) is 6.53. The van der Waals surface area contributed by atoms with E-state index in [9.17, 15) is 13.2 Å². The highest BCUT2D eigenvalue weighted by Gasteiger charge is 2.38. The van der Waals surface area contributed by atoms with Crippen LogP contribution in [-0.4, -0.2) is 43.6 Å². The number of amides is 1. The Labute approximate surface area is 132 Å². The van der Waals surface area contributed by atoms with Crippen LogP contribution in [0, 0.1) is 16.7 Å². The van der Waals surface area contributed by atoms with Gasteiger partial charge in [0.2, 0.25) is 15.9 Å². The third kappa shape index (κ3) is 3.79. The molecule has 124 valence electrons. The molecule has 22 heavy (non-hydrogen) atoms. The van der Waals surface area contributed by atoms with Crippen LogP contribution in [0.2, 0.25) is 0 Å². The molecule has 1 aliphatic heterocycles. The molecule has 2 rings (SSSR count). The minimum Gasteiger partial charge on any atom is -0.340 e. The second-order valence-corrected chi connectivity index (χ2v) is 8.89. The van der Waals surface area contributed by atoms with Gasteiger partial charge in [0.1, 0.15) is 5.41 Å². The van der Waals surface area contributed by atoms with E-state index >= 15 is 0 Å². The second-order valence-electron chi connectivity index (χ2n) is 6.90. The van der Waals surface area contributed by atoms with Crippen LogP contribution in [0.3, 0.4) is 0 Å². The van der Waals surface area contributed by atoms with Crippen LogP contribution in [0.1, 0.15) is 52.4 Å². The summed E-state index contributed by atoms with van der Waals surface area (Å²) >= 11 is 0. The Morgan fingerprint density at radius 3 is 2.45 bits per heavy atom. The zero-order chi connectivity index (χ0) is 16.4. The van der Waals surface area contributed by atoms with Crippen LogP contribution in [0.25, 0.3) is 0 Å². The average Bonchev–Trinajstić information content (AvgIpc) is 2.98. The van der Waals surface area contributed by atoms with Gasteiger partial charge < -0.3 is 4.90 Å². The van der Waals surface area contributed by atoms with Crippen molar-refractivity contribution in [3.63, 3.8) is 0 Å². The Kier molecular flexibility index (Phi) is 5.13. The van der Waals surface area contributed by atoms with Gasteiger partial charge in [-0.3, -0.25) is 4.79 Å². The van der Waals surface area contributed by atoms with Gasteiger partial charge in [-0.05, 0) is 39.5 Å². The first-order valence-corrected chi connectivity index (χ1v) is 9.52. The number of likely N-dealkylation sites (tertiary alicyclic amines) is 1. The van der Waals surface area contributed by atoms with Crippen molar-refractivity contribution in [3.05, 3.63) is 0 Å². The van der Waals surface area contributed by atoms with Gasteiger partial charge in [0, 0.05) is 19.1 Å². The van der Waals surface area contributed by atoms with Crippen LogP contribution >= 0.6 is 0 Å². The first-order valence-electron chi connectivity index (χ1n) is 7.98. The van der Waals surface area contributed by atoms with Gasteiger partial charge in [0.05, 0.1) is 11.3 Å². The number of nitrogens with zero attached hydrogens (tertiary/aromatic N) is 2. The molecule has 0 spiro atoms. The molecule has 0 bridgehead atoms. The van der Waals surface area contributed by atoms with Crippen molar-refractivity contribution in [2.75, 3.05) is 13.1 Å². The highest BCUT2D eigenvalue weighted by Crippen LogP contribution is 2.25. The Balaban J connectivity index is 2.03. The summed E-state index contributed by atoms with van der Waals surface area (Å²) in [7, 11) is -3.41. The van der Waals surface area contributed by atoms with Gasteiger partial charge in [-0.25, -0.2) is 13.1 Å². The summed E-state index contributed by atoms with van der Waals surface area (Å²) in [6.45, 7) is 3.86. The Morgan fingerprint density at radius 1 is 1.23 bits per heavy atom. The SMILES string of the molecule is CC(C)(C#N)C(=O)N1CCCC(S(=O)(=O)NC2CCCC2)C1. The largest absolute Gasteiger partial charge is 0.340 e. The van der Waals surface area contributed by atoms with Crippen LogP contribution in [0.5, 0.6) is 0 Å². The maximum absolute atomic E-state index is 12.5. The summed E-state index contributed by atoms with van der Waals surface area (Å²) in [5, 5.41) is 8.51. The van der Waals surface area contributed by atoms with Crippen molar-refractivity contribution in [2.24, 2.45) is 5.41 Å². The van der Waals surface area contributed by atoms with Gasteiger partial charge in [-0.15, -0.1) is 0 Å². The molecule has 1 aliphatic carbocycles. The summed E-state index contributed by atoms with van der Waals surface area (Å²) in [5.74, 6) is -0.282. The molecule has 0 radical (unpaired) electrons. The van der Waals surface area contributed by atoms with Crippen LogP contribution in [0.4, 0.5) is 0 Å². The topological polar surface area (TPSA) is 90.3 Å². The minimum absolute atomic E-state index is 0.0478. The first kappa shape index (κ1) is 17.2. The zero-order valence-corrected chi connectivity index (χ0v) is 14.2. The van der Waals surface area contributed by atoms with E-state index in [0.29, 0.717) is 19.4 Å². The first-order chi connectivity index (χ1) is 10.3. The number of hydrogen-bond acceptors (Lipinski definition) is 4. The molecule has 1 N–H and O–H groups in total. The molecule has 1 heterocycles. The predicted octanol–water partition coefficient (Wildman–Crippen LogP) is 1.39. The number of nitriles is 1. The summed E-state index contributed by atoms with van der Waals surface area (Å²) in [6, 6.07) is 2.04. The van der Waals surface area contributed by atoms with Gasteiger partial charge in [-0.2, -0.15) is 5.26 Å². The normalized spacial score (nSPS) is 24.2. The Morgan fingerprint density at radius 2 is 1.86 bits per heavy atom. The average molecular weight is 327 g/mol. The lowest BCUT2D eigenvalue weighted by molar-refractivity contribution is -0.138. The summed E-state index contributed by atoms with van der Waals surface area (Å²) < 4.78 is 27.8. The molecule has 7 heteroatoms. The number of sulfonamides is 1. The summed E-state index contributed by atoms with van der Waals surface area (Å²) in [5.41, 5.74) is -1.11. The van der Waals surface area contributed by atoms with Crippen molar-refractivity contribution in [1.29, 1.82) is 5.26 Å². The molecular weight excluding hydrogens is 302 g/mol. The Bertz CT molecular complexity index is 559. The molecule has 1 amide bonds. The van der Waals surface area contributed by atoms with E-state index in [-0.39, 0.29) is 18.5 Å². The van der Waals surface area contributed by atoms with Gasteiger partial charge in [0.15, 0.2) is 0 Å². The fraction of sp³-hybridized carbons (Fsp3) is 0.867. The standard InChI is InChI=1S/C15H25N3O3S/c1-15(2,11-16)14(19)18-9-5-8-13(10-18)22(20,21)17-12-6-3-4-7-12/h12-13,17H,3-10H2,1-2H3. The van der Waals surface area contributed by atoms with Gasteiger partial charge in [-0.1, -0.05) is 12.8 Å². The van der Waals surface area contributed by atoms with E-state index < -0.39 is 20.7 Å². The predicted molar refractivity (Wildman–Crippen MR) is 83.3 cm³/mol. The van der Waals surface area contributed by atoms with E-state index in [1.807, 2.05) is 6.07 Å². The maximum atomic E-state index is 12.5. The van der Waals surface area contributed by atoms with Crippen LogP contribution < -0.4 is 4.72 Å². The molecule has 1 saturated carbocycles. The monoisotopic (exact) mass is 327 g/mol.